The van der Waals surface area contributed by atoms with Crippen molar-refractivity contribution in [1.29, 1.82) is 0 Å². The second kappa shape index (κ2) is 5.27. The predicted molar refractivity (Wildman–Crippen MR) is 72.2 cm³/mol. The zero-order valence-electron chi connectivity index (χ0n) is 11.4. The Morgan fingerprint density at radius 1 is 0.824 bits per heavy atom. The topological polar surface area (TPSA) is 6.48 Å². The van der Waals surface area contributed by atoms with E-state index in [1.165, 1.54) is 71.2 Å². The van der Waals surface area contributed by atoms with E-state index in [1.807, 2.05) is 0 Å². The lowest BCUT2D eigenvalue weighted by atomic mass is 9.86. The molecule has 0 bridgehead atoms. The van der Waals surface area contributed by atoms with Gasteiger partial charge in [-0.3, -0.25) is 4.90 Å². The third kappa shape index (κ3) is 3.23. The predicted octanol–water partition coefficient (Wildman–Crippen LogP) is 2.59. The maximum absolute atomic E-state index is 2.79. The Bertz CT molecular complexity index is 233. The highest BCUT2D eigenvalue weighted by Gasteiger charge is 2.29. The van der Waals surface area contributed by atoms with Crippen LogP contribution in [0.3, 0.4) is 0 Å². The first-order valence-electron chi connectivity index (χ1n) is 7.77. The Morgan fingerprint density at radius 3 is 2.06 bits per heavy atom. The largest absolute Gasteiger partial charge is 0.301 e. The standard InChI is InChI=1S/C15H28N2/c1-13-2-6-15(7-3-13)17-10-8-16(9-11-17)12-14-4-5-14/h13-15H,2-12H2,1H3/t13-,15-. The first-order chi connectivity index (χ1) is 8.31. The van der Waals surface area contributed by atoms with Crippen LogP contribution in [-0.2, 0) is 0 Å². The van der Waals surface area contributed by atoms with Gasteiger partial charge in [0.2, 0.25) is 0 Å². The molecule has 2 nitrogen and oxygen atoms in total. The second-order valence-corrected chi connectivity index (χ2v) is 6.69. The zero-order chi connectivity index (χ0) is 11.7. The summed E-state index contributed by atoms with van der Waals surface area (Å²) in [5.74, 6) is 2.06. The fraction of sp³-hybridized carbons (Fsp3) is 1.00. The molecule has 0 amide bonds. The molecule has 0 atom stereocenters. The van der Waals surface area contributed by atoms with Crippen molar-refractivity contribution in [3.63, 3.8) is 0 Å². The minimum atomic E-state index is 0.925. The SMILES string of the molecule is C[C@H]1CC[C@H](N2CCN(CC3CC3)CC2)CC1. The molecule has 2 saturated carbocycles. The average molecular weight is 236 g/mol. The Morgan fingerprint density at radius 2 is 1.47 bits per heavy atom. The molecule has 3 fully saturated rings. The Balaban J connectivity index is 1.41. The number of piperazine rings is 1. The van der Waals surface area contributed by atoms with E-state index in [0.717, 1.165) is 17.9 Å². The van der Waals surface area contributed by atoms with Crippen molar-refractivity contribution in [3.8, 4) is 0 Å². The Kier molecular flexibility index (Phi) is 3.72. The molecule has 3 rings (SSSR count). The van der Waals surface area contributed by atoms with Gasteiger partial charge in [0.05, 0.1) is 0 Å². The maximum atomic E-state index is 2.79. The van der Waals surface area contributed by atoms with Gasteiger partial charge in [-0.2, -0.15) is 0 Å². The van der Waals surface area contributed by atoms with Gasteiger partial charge in [0.1, 0.15) is 0 Å². The van der Waals surface area contributed by atoms with Gasteiger partial charge >= 0.3 is 0 Å². The molecule has 0 aromatic carbocycles. The molecule has 17 heavy (non-hydrogen) atoms. The van der Waals surface area contributed by atoms with Crippen LogP contribution in [-0.4, -0.2) is 48.6 Å². The van der Waals surface area contributed by atoms with Crippen LogP contribution in [0.2, 0.25) is 0 Å². The van der Waals surface area contributed by atoms with Crippen molar-refractivity contribution in [2.45, 2.75) is 51.5 Å². The number of nitrogens with zero attached hydrogens (tertiary/aromatic N) is 2. The maximum Gasteiger partial charge on any atom is 0.0113 e. The van der Waals surface area contributed by atoms with Crippen molar-refractivity contribution in [2.24, 2.45) is 11.8 Å². The highest BCUT2D eigenvalue weighted by Crippen LogP contribution is 2.31. The third-order valence-corrected chi connectivity index (χ3v) is 5.12. The van der Waals surface area contributed by atoms with Gasteiger partial charge in [-0.15, -0.1) is 0 Å². The number of hydrogen-bond acceptors (Lipinski definition) is 2. The monoisotopic (exact) mass is 236 g/mol. The zero-order valence-corrected chi connectivity index (χ0v) is 11.4. The van der Waals surface area contributed by atoms with Crippen molar-refractivity contribution < 1.29 is 0 Å². The number of rotatable bonds is 3. The summed E-state index contributed by atoms with van der Waals surface area (Å²) in [6, 6.07) is 0.925. The third-order valence-electron chi connectivity index (χ3n) is 5.12. The van der Waals surface area contributed by atoms with Gasteiger partial charge in [0, 0.05) is 38.8 Å². The average Bonchev–Trinajstić information content (AvgIpc) is 3.15. The minimum absolute atomic E-state index is 0.925. The van der Waals surface area contributed by atoms with Crippen LogP contribution in [0, 0.1) is 11.8 Å². The van der Waals surface area contributed by atoms with E-state index in [1.54, 1.807) is 0 Å². The normalized spacial score (nSPS) is 37.2. The van der Waals surface area contributed by atoms with Gasteiger partial charge in [-0.25, -0.2) is 0 Å². The summed E-state index contributed by atoms with van der Waals surface area (Å²) < 4.78 is 0. The van der Waals surface area contributed by atoms with Crippen LogP contribution in [0.4, 0.5) is 0 Å². The molecule has 2 heteroatoms. The molecule has 1 heterocycles. The first kappa shape index (κ1) is 12.0. The fourth-order valence-corrected chi connectivity index (χ4v) is 3.58. The summed E-state index contributed by atoms with van der Waals surface area (Å²) in [4.78, 5) is 5.49. The lowest BCUT2D eigenvalue weighted by Gasteiger charge is -2.41. The lowest BCUT2D eigenvalue weighted by molar-refractivity contribution is 0.0701. The van der Waals surface area contributed by atoms with Crippen molar-refractivity contribution in [2.75, 3.05) is 32.7 Å². The van der Waals surface area contributed by atoms with Crippen molar-refractivity contribution in [1.82, 2.24) is 9.80 Å². The van der Waals surface area contributed by atoms with E-state index in [4.69, 9.17) is 0 Å². The van der Waals surface area contributed by atoms with Crippen LogP contribution in [0.1, 0.15) is 45.4 Å². The van der Waals surface area contributed by atoms with Crippen molar-refractivity contribution >= 4 is 0 Å². The summed E-state index contributed by atoms with van der Waals surface area (Å²) in [6.45, 7) is 9.17. The first-order valence-corrected chi connectivity index (χ1v) is 7.77. The minimum Gasteiger partial charge on any atom is -0.301 e. The summed E-state index contributed by atoms with van der Waals surface area (Å²) in [5.41, 5.74) is 0. The lowest BCUT2D eigenvalue weighted by Crippen LogP contribution is -2.51. The molecule has 0 N–H and O–H groups in total. The molecule has 1 aliphatic heterocycles. The van der Waals surface area contributed by atoms with Crippen LogP contribution < -0.4 is 0 Å². The fourth-order valence-electron chi connectivity index (χ4n) is 3.58. The van der Waals surface area contributed by atoms with E-state index in [0.29, 0.717) is 0 Å². The van der Waals surface area contributed by atoms with E-state index < -0.39 is 0 Å². The highest BCUT2D eigenvalue weighted by atomic mass is 15.3. The number of hydrogen-bond donors (Lipinski definition) is 0. The van der Waals surface area contributed by atoms with Crippen molar-refractivity contribution in [3.05, 3.63) is 0 Å². The molecule has 3 aliphatic rings. The molecule has 98 valence electrons. The smallest absolute Gasteiger partial charge is 0.0113 e. The molecular formula is C15H28N2. The Labute approximate surface area is 106 Å². The van der Waals surface area contributed by atoms with Gasteiger partial charge in [0.15, 0.2) is 0 Å². The van der Waals surface area contributed by atoms with Crippen LogP contribution in [0.5, 0.6) is 0 Å². The summed E-state index contributed by atoms with van der Waals surface area (Å²) in [7, 11) is 0. The van der Waals surface area contributed by atoms with E-state index >= 15 is 0 Å². The van der Waals surface area contributed by atoms with E-state index in [-0.39, 0.29) is 0 Å². The molecule has 0 spiro atoms. The summed E-state index contributed by atoms with van der Waals surface area (Å²) in [5, 5.41) is 0. The molecule has 1 saturated heterocycles. The molecule has 0 radical (unpaired) electrons. The van der Waals surface area contributed by atoms with Gasteiger partial charge < -0.3 is 4.90 Å². The van der Waals surface area contributed by atoms with Gasteiger partial charge in [-0.1, -0.05) is 6.92 Å². The molecule has 0 aromatic heterocycles. The second-order valence-electron chi connectivity index (χ2n) is 6.69. The highest BCUT2D eigenvalue weighted by molar-refractivity contribution is 4.84. The quantitative estimate of drug-likeness (QED) is 0.743. The van der Waals surface area contributed by atoms with Crippen LogP contribution in [0.15, 0.2) is 0 Å². The molecule has 0 unspecified atom stereocenters. The summed E-state index contributed by atoms with van der Waals surface area (Å²) >= 11 is 0. The molecule has 0 aromatic rings. The molecular weight excluding hydrogens is 208 g/mol. The summed E-state index contributed by atoms with van der Waals surface area (Å²) in [6.07, 6.45) is 8.86. The van der Waals surface area contributed by atoms with E-state index in [9.17, 15) is 0 Å². The van der Waals surface area contributed by atoms with Gasteiger partial charge in [-0.05, 0) is 50.4 Å². The molecule has 2 aliphatic carbocycles. The van der Waals surface area contributed by atoms with E-state index in [2.05, 4.69) is 16.7 Å². The van der Waals surface area contributed by atoms with Gasteiger partial charge in [0.25, 0.3) is 0 Å². The van der Waals surface area contributed by atoms with Crippen LogP contribution >= 0.6 is 0 Å². The Hall–Kier alpha value is -0.0800. The van der Waals surface area contributed by atoms with Crippen LogP contribution in [0.25, 0.3) is 0 Å².